The molecule has 19 heavy (non-hydrogen) atoms. The van der Waals surface area contributed by atoms with Crippen LogP contribution in [0, 0.1) is 0 Å². The van der Waals surface area contributed by atoms with Crippen LogP contribution >= 0.6 is 11.3 Å². The molecular formula is C15H16N2OS. The molecule has 4 heteroatoms. The number of nitrogens with two attached hydrogens (primary N) is 1. The molecule has 0 spiro atoms. The Morgan fingerprint density at radius 1 is 1.26 bits per heavy atom. The van der Waals surface area contributed by atoms with Crippen LogP contribution < -0.4 is 5.73 Å². The summed E-state index contributed by atoms with van der Waals surface area (Å²) < 4.78 is 1.28. The largest absolute Gasteiger partial charge is 0.331 e. The Labute approximate surface area is 116 Å². The minimum Gasteiger partial charge on any atom is -0.331 e. The molecule has 2 aliphatic rings. The lowest BCUT2D eigenvalue weighted by Gasteiger charge is -2.26. The molecule has 1 aliphatic heterocycles. The Morgan fingerprint density at radius 2 is 2.05 bits per heavy atom. The van der Waals surface area contributed by atoms with Gasteiger partial charge in [-0.3, -0.25) is 4.79 Å². The van der Waals surface area contributed by atoms with E-state index in [1.807, 2.05) is 0 Å². The lowest BCUT2D eigenvalue weighted by atomic mass is 10.00. The van der Waals surface area contributed by atoms with Crippen molar-refractivity contribution in [3.63, 3.8) is 0 Å². The zero-order valence-corrected chi connectivity index (χ0v) is 11.4. The van der Waals surface area contributed by atoms with Gasteiger partial charge in [0.25, 0.3) is 0 Å². The van der Waals surface area contributed by atoms with Gasteiger partial charge in [0.1, 0.15) is 0 Å². The van der Waals surface area contributed by atoms with Crippen molar-refractivity contribution < 1.29 is 4.79 Å². The Bertz CT molecular complexity index is 646. The molecule has 2 aromatic rings. The maximum atomic E-state index is 12.2. The maximum Gasteiger partial charge on any atom is 0.225 e. The lowest BCUT2D eigenvalue weighted by Crippen LogP contribution is -2.34. The van der Waals surface area contributed by atoms with Gasteiger partial charge in [-0.05, 0) is 35.2 Å². The molecule has 2 fully saturated rings. The molecule has 2 atom stereocenters. The fourth-order valence-electron chi connectivity index (χ4n) is 3.17. The molecule has 1 aromatic heterocycles. The smallest absolute Gasteiger partial charge is 0.225 e. The normalized spacial score (nSPS) is 27.4. The SMILES string of the molecule is NC1CC(=O)N(C2CC2)C1c1csc2ccccc12. The van der Waals surface area contributed by atoms with Gasteiger partial charge in [-0.2, -0.15) is 0 Å². The Kier molecular flexibility index (Phi) is 2.44. The van der Waals surface area contributed by atoms with E-state index in [-0.39, 0.29) is 18.0 Å². The predicted octanol–water partition coefficient (Wildman–Crippen LogP) is 2.66. The molecule has 2 heterocycles. The standard InChI is InChI=1S/C15H16N2OS/c16-12-7-14(18)17(9-5-6-9)15(12)11-8-19-13-4-2-1-3-10(11)13/h1-4,8-9,12,15H,5-7,16H2. The number of carbonyl (C=O) groups is 1. The number of amides is 1. The number of fused-ring (bicyclic) bond motifs is 1. The zero-order valence-electron chi connectivity index (χ0n) is 10.6. The van der Waals surface area contributed by atoms with Crippen molar-refractivity contribution in [2.75, 3.05) is 0 Å². The van der Waals surface area contributed by atoms with Crippen molar-refractivity contribution in [2.24, 2.45) is 5.73 Å². The van der Waals surface area contributed by atoms with Gasteiger partial charge in [-0.15, -0.1) is 11.3 Å². The first-order valence-electron chi connectivity index (χ1n) is 6.78. The van der Waals surface area contributed by atoms with Crippen molar-refractivity contribution in [3.8, 4) is 0 Å². The fraction of sp³-hybridized carbons (Fsp3) is 0.400. The van der Waals surface area contributed by atoms with Gasteiger partial charge in [0.05, 0.1) is 6.04 Å². The van der Waals surface area contributed by atoms with Gasteiger partial charge in [0, 0.05) is 23.2 Å². The highest BCUT2D eigenvalue weighted by Crippen LogP contribution is 2.44. The summed E-state index contributed by atoms with van der Waals surface area (Å²) in [5.41, 5.74) is 7.49. The minimum absolute atomic E-state index is 0.0638. The molecule has 1 saturated heterocycles. The molecule has 2 unspecified atom stereocenters. The van der Waals surface area contributed by atoms with Crippen molar-refractivity contribution in [1.82, 2.24) is 4.90 Å². The van der Waals surface area contributed by atoms with Crippen molar-refractivity contribution in [3.05, 3.63) is 35.2 Å². The Balaban J connectivity index is 1.83. The van der Waals surface area contributed by atoms with Crippen LogP contribution in [0.3, 0.4) is 0 Å². The molecule has 3 nitrogen and oxygen atoms in total. The molecule has 1 amide bonds. The third-order valence-electron chi connectivity index (χ3n) is 4.17. The van der Waals surface area contributed by atoms with Crippen molar-refractivity contribution >= 4 is 27.3 Å². The second-order valence-corrected chi connectivity index (χ2v) is 6.44. The number of nitrogens with zero attached hydrogens (tertiary/aromatic N) is 1. The molecule has 1 aliphatic carbocycles. The van der Waals surface area contributed by atoms with Crippen molar-refractivity contribution in [1.29, 1.82) is 0 Å². The van der Waals surface area contributed by atoms with Crippen LogP contribution in [0.15, 0.2) is 29.6 Å². The van der Waals surface area contributed by atoms with Crippen LogP contribution in [0.4, 0.5) is 0 Å². The van der Waals surface area contributed by atoms with Gasteiger partial charge in [0.2, 0.25) is 5.91 Å². The van der Waals surface area contributed by atoms with Crippen LogP contribution in [0.2, 0.25) is 0 Å². The fourth-order valence-corrected chi connectivity index (χ4v) is 4.16. The molecular weight excluding hydrogens is 256 g/mol. The number of carbonyl (C=O) groups excluding carboxylic acids is 1. The van der Waals surface area contributed by atoms with Crippen LogP contribution in [-0.2, 0) is 4.79 Å². The van der Waals surface area contributed by atoms with Crippen LogP contribution in [0.25, 0.3) is 10.1 Å². The number of hydrogen-bond donors (Lipinski definition) is 1. The van der Waals surface area contributed by atoms with Gasteiger partial charge < -0.3 is 10.6 Å². The van der Waals surface area contributed by atoms with E-state index in [2.05, 4.69) is 34.5 Å². The average molecular weight is 272 g/mol. The van der Waals surface area contributed by atoms with Crippen molar-refractivity contribution in [2.45, 2.75) is 37.4 Å². The maximum absolute atomic E-state index is 12.2. The highest BCUT2D eigenvalue weighted by molar-refractivity contribution is 7.17. The first kappa shape index (κ1) is 11.4. The zero-order chi connectivity index (χ0) is 13.0. The summed E-state index contributed by atoms with van der Waals surface area (Å²) in [6, 6.07) is 8.84. The lowest BCUT2D eigenvalue weighted by molar-refractivity contribution is -0.129. The van der Waals surface area contributed by atoms with Gasteiger partial charge in [0.15, 0.2) is 0 Å². The number of thiophene rings is 1. The van der Waals surface area contributed by atoms with Crippen LogP contribution in [-0.4, -0.2) is 22.9 Å². The molecule has 1 aromatic carbocycles. The first-order valence-corrected chi connectivity index (χ1v) is 7.66. The Hall–Kier alpha value is -1.39. The predicted molar refractivity (Wildman–Crippen MR) is 77.0 cm³/mol. The van der Waals surface area contributed by atoms with E-state index in [9.17, 15) is 4.79 Å². The average Bonchev–Trinajstić information content (AvgIpc) is 3.08. The third kappa shape index (κ3) is 1.70. The van der Waals surface area contributed by atoms with E-state index in [0.717, 1.165) is 12.8 Å². The summed E-state index contributed by atoms with van der Waals surface area (Å²) in [5.74, 6) is 0.232. The number of rotatable bonds is 2. The minimum atomic E-state index is -0.0638. The second-order valence-electron chi connectivity index (χ2n) is 5.53. The van der Waals surface area contributed by atoms with E-state index in [0.29, 0.717) is 12.5 Å². The van der Waals surface area contributed by atoms with Crippen LogP contribution in [0.1, 0.15) is 30.9 Å². The third-order valence-corrected chi connectivity index (χ3v) is 5.16. The van der Waals surface area contributed by atoms with Gasteiger partial charge in [-0.1, -0.05) is 18.2 Å². The quantitative estimate of drug-likeness (QED) is 0.913. The number of benzene rings is 1. The van der Waals surface area contributed by atoms with Gasteiger partial charge >= 0.3 is 0 Å². The van der Waals surface area contributed by atoms with Gasteiger partial charge in [-0.25, -0.2) is 0 Å². The summed E-state index contributed by atoms with van der Waals surface area (Å²) in [6.45, 7) is 0. The summed E-state index contributed by atoms with van der Waals surface area (Å²) >= 11 is 1.74. The van der Waals surface area contributed by atoms with Crippen LogP contribution in [0.5, 0.6) is 0 Å². The second kappa shape index (κ2) is 4.05. The molecule has 2 N–H and O–H groups in total. The molecule has 4 rings (SSSR count). The summed E-state index contributed by atoms with van der Waals surface area (Å²) in [4.78, 5) is 14.2. The number of likely N-dealkylation sites (tertiary alicyclic amines) is 1. The molecule has 0 radical (unpaired) electrons. The topological polar surface area (TPSA) is 46.3 Å². The first-order chi connectivity index (χ1) is 9.25. The summed E-state index contributed by atoms with van der Waals surface area (Å²) in [7, 11) is 0. The van der Waals surface area contributed by atoms with E-state index in [1.54, 1.807) is 11.3 Å². The molecule has 0 bridgehead atoms. The highest BCUT2D eigenvalue weighted by atomic mass is 32.1. The summed E-state index contributed by atoms with van der Waals surface area (Å²) in [6.07, 6.45) is 2.76. The van der Waals surface area contributed by atoms with E-state index in [4.69, 9.17) is 5.73 Å². The monoisotopic (exact) mass is 272 g/mol. The van der Waals surface area contributed by atoms with E-state index >= 15 is 0 Å². The highest BCUT2D eigenvalue weighted by Gasteiger charge is 2.46. The number of hydrogen-bond acceptors (Lipinski definition) is 3. The molecule has 98 valence electrons. The summed E-state index contributed by atoms with van der Waals surface area (Å²) in [5, 5.41) is 3.44. The Morgan fingerprint density at radius 3 is 2.84 bits per heavy atom. The van der Waals surface area contributed by atoms with E-state index in [1.165, 1.54) is 15.6 Å². The molecule has 1 saturated carbocycles. The van der Waals surface area contributed by atoms with E-state index < -0.39 is 0 Å².